The van der Waals surface area contributed by atoms with Gasteiger partial charge in [-0.15, -0.1) is 0 Å². The Bertz CT molecular complexity index is 620. The molecule has 0 aromatic heterocycles. The van der Waals surface area contributed by atoms with Gasteiger partial charge in [-0.3, -0.25) is 0 Å². The monoisotopic (exact) mass is 330 g/mol. The number of nitrogens with zero attached hydrogens (tertiary/aromatic N) is 1. The summed E-state index contributed by atoms with van der Waals surface area (Å²) in [5.74, 6) is 1.09. The molecule has 2 rings (SSSR count). The van der Waals surface area contributed by atoms with Gasteiger partial charge in [0.15, 0.2) is 0 Å². The Morgan fingerprint density at radius 3 is 2.85 bits per heavy atom. The average Bonchev–Trinajstić information content (AvgIpc) is 2.46. The van der Waals surface area contributed by atoms with E-state index in [2.05, 4.69) is 4.72 Å². The molecule has 1 heterocycles. The number of hydrogen-bond donors (Lipinski definition) is 1. The van der Waals surface area contributed by atoms with E-state index >= 15 is 0 Å². The second-order valence-corrected chi connectivity index (χ2v) is 8.15. The second kappa shape index (κ2) is 6.81. The summed E-state index contributed by atoms with van der Waals surface area (Å²) in [7, 11) is -3.62. The summed E-state index contributed by atoms with van der Waals surface area (Å²) in [4.78, 5) is 0.0268. The van der Waals surface area contributed by atoms with Crippen LogP contribution in [0.1, 0.15) is 24.8 Å². The van der Waals surface area contributed by atoms with Gasteiger partial charge in [0, 0.05) is 11.8 Å². The van der Waals surface area contributed by atoms with Gasteiger partial charge in [0.1, 0.15) is 4.90 Å². The molecule has 4 nitrogen and oxygen atoms in total. The first kappa shape index (κ1) is 15.6. The van der Waals surface area contributed by atoms with Gasteiger partial charge in [0.25, 0.3) is 0 Å². The van der Waals surface area contributed by atoms with Crippen LogP contribution in [-0.4, -0.2) is 26.0 Å². The van der Waals surface area contributed by atoms with Crippen LogP contribution >= 0.6 is 23.4 Å². The number of hydrogen-bond acceptors (Lipinski definition) is 4. The minimum Gasteiger partial charge on any atom is -0.210 e. The number of benzene rings is 1. The Hall–Kier alpha value is -0.740. The quantitative estimate of drug-likeness (QED) is 0.921. The van der Waals surface area contributed by atoms with E-state index in [0.29, 0.717) is 17.4 Å². The lowest BCUT2D eigenvalue weighted by Crippen LogP contribution is -2.32. The minimum atomic E-state index is -3.62. The highest BCUT2D eigenvalue weighted by atomic mass is 35.5. The van der Waals surface area contributed by atoms with E-state index in [4.69, 9.17) is 16.9 Å². The fraction of sp³-hybridized carbons (Fsp3) is 0.462. The number of nitrogens with one attached hydrogen (secondary N) is 1. The standard InChI is InChI=1S/C13H15ClN2O2S2/c14-12-7-10(8-15)4-5-13(12)20(17,18)16-9-11-3-1-2-6-19-11/h4-5,7,11,16H,1-3,6,9H2. The van der Waals surface area contributed by atoms with Gasteiger partial charge >= 0.3 is 0 Å². The zero-order valence-corrected chi connectivity index (χ0v) is 13.2. The van der Waals surface area contributed by atoms with E-state index < -0.39 is 10.0 Å². The Morgan fingerprint density at radius 2 is 2.25 bits per heavy atom. The summed E-state index contributed by atoms with van der Waals surface area (Å²) in [6.07, 6.45) is 3.39. The maximum atomic E-state index is 12.2. The summed E-state index contributed by atoms with van der Waals surface area (Å²) >= 11 is 7.75. The molecule has 1 aromatic rings. The lowest BCUT2D eigenvalue weighted by atomic mass is 10.2. The molecule has 7 heteroatoms. The third kappa shape index (κ3) is 3.89. The molecule has 108 valence electrons. The van der Waals surface area contributed by atoms with E-state index in [1.807, 2.05) is 6.07 Å². The summed E-state index contributed by atoms with van der Waals surface area (Å²) in [5, 5.41) is 9.16. The predicted molar refractivity (Wildman–Crippen MR) is 81.5 cm³/mol. The van der Waals surface area contributed by atoms with Crippen molar-refractivity contribution in [2.24, 2.45) is 0 Å². The summed E-state index contributed by atoms with van der Waals surface area (Å²) < 4.78 is 27.0. The molecule has 1 fully saturated rings. The van der Waals surface area contributed by atoms with Crippen molar-refractivity contribution in [2.75, 3.05) is 12.3 Å². The number of halogens is 1. The summed E-state index contributed by atoms with van der Waals surface area (Å²) in [5.41, 5.74) is 0.344. The Morgan fingerprint density at radius 1 is 1.45 bits per heavy atom. The highest BCUT2D eigenvalue weighted by Crippen LogP contribution is 2.26. The van der Waals surface area contributed by atoms with E-state index in [1.54, 1.807) is 11.8 Å². The topological polar surface area (TPSA) is 70.0 Å². The fourth-order valence-electron chi connectivity index (χ4n) is 2.04. The molecule has 0 radical (unpaired) electrons. The number of nitriles is 1. The van der Waals surface area contributed by atoms with Crippen molar-refractivity contribution in [2.45, 2.75) is 29.4 Å². The van der Waals surface area contributed by atoms with Crippen molar-refractivity contribution in [3.8, 4) is 6.07 Å². The van der Waals surface area contributed by atoms with Crippen LogP contribution in [0.3, 0.4) is 0 Å². The maximum absolute atomic E-state index is 12.2. The fourth-order valence-corrected chi connectivity index (χ4v) is 5.01. The number of thioether (sulfide) groups is 1. The van der Waals surface area contributed by atoms with Crippen LogP contribution in [0.4, 0.5) is 0 Å². The molecule has 1 aliphatic rings. The predicted octanol–water partition coefficient (Wildman–Crippen LogP) is 2.78. The lowest BCUT2D eigenvalue weighted by Gasteiger charge is -2.21. The van der Waals surface area contributed by atoms with Crippen molar-refractivity contribution < 1.29 is 8.42 Å². The molecule has 1 unspecified atom stereocenters. The van der Waals surface area contributed by atoms with Crippen molar-refractivity contribution in [1.29, 1.82) is 5.26 Å². The van der Waals surface area contributed by atoms with E-state index in [9.17, 15) is 8.42 Å². The van der Waals surface area contributed by atoms with Gasteiger partial charge in [-0.1, -0.05) is 18.0 Å². The molecule has 0 amide bonds. The van der Waals surface area contributed by atoms with Crippen LogP contribution in [0.15, 0.2) is 23.1 Å². The molecule has 0 aliphatic carbocycles. The van der Waals surface area contributed by atoms with E-state index in [1.165, 1.54) is 24.6 Å². The highest BCUT2D eigenvalue weighted by Gasteiger charge is 2.21. The van der Waals surface area contributed by atoms with Crippen LogP contribution in [0.5, 0.6) is 0 Å². The van der Waals surface area contributed by atoms with Crippen molar-refractivity contribution in [3.63, 3.8) is 0 Å². The van der Waals surface area contributed by atoms with Crippen LogP contribution < -0.4 is 4.72 Å². The molecule has 1 saturated heterocycles. The normalized spacial score (nSPS) is 19.5. The van der Waals surface area contributed by atoms with Crippen molar-refractivity contribution in [3.05, 3.63) is 28.8 Å². The molecule has 0 bridgehead atoms. The SMILES string of the molecule is N#Cc1ccc(S(=O)(=O)NCC2CCCCS2)c(Cl)c1. The molecule has 0 spiro atoms. The highest BCUT2D eigenvalue weighted by molar-refractivity contribution is 8.00. The van der Waals surface area contributed by atoms with Gasteiger partial charge in [0.2, 0.25) is 10.0 Å². The van der Waals surface area contributed by atoms with E-state index in [-0.39, 0.29) is 9.92 Å². The van der Waals surface area contributed by atoms with Gasteiger partial charge in [-0.2, -0.15) is 17.0 Å². The molecule has 1 aliphatic heterocycles. The van der Waals surface area contributed by atoms with Gasteiger partial charge in [-0.25, -0.2) is 13.1 Å². The molecule has 1 aromatic carbocycles. The molecule has 1 N–H and O–H groups in total. The summed E-state index contributed by atoms with van der Waals surface area (Å²) in [6, 6.07) is 6.12. The molecule has 0 saturated carbocycles. The molecular formula is C13H15ClN2O2S2. The van der Waals surface area contributed by atoms with Gasteiger partial charge in [0.05, 0.1) is 16.7 Å². The zero-order valence-electron chi connectivity index (χ0n) is 10.8. The van der Waals surface area contributed by atoms with Crippen LogP contribution in [-0.2, 0) is 10.0 Å². The van der Waals surface area contributed by atoms with Crippen molar-refractivity contribution in [1.82, 2.24) is 4.72 Å². The lowest BCUT2D eigenvalue weighted by molar-refractivity contribution is 0.574. The van der Waals surface area contributed by atoms with Crippen LogP contribution in [0.2, 0.25) is 5.02 Å². The van der Waals surface area contributed by atoms with Crippen LogP contribution in [0, 0.1) is 11.3 Å². The molecule has 1 atom stereocenters. The smallest absolute Gasteiger partial charge is 0.210 e. The summed E-state index contributed by atoms with van der Waals surface area (Å²) in [6.45, 7) is 0.420. The molecular weight excluding hydrogens is 316 g/mol. The zero-order chi connectivity index (χ0) is 14.6. The Labute approximate surface area is 128 Å². The van der Waals surface area contributed by atoms with Gasteiger partial charge < -0.3 is 0 Å². The molecule has 20 heavy (non-hydrogen) atoms. The van der Waals surface area contributed by atoms with Gasteiger partial charge in [-0.05, 0) is 36.8 Å². The average molecular weight is 331 g/mol. The maximum Gasteiger partial charge on any atom is 0.242 e. The third-order valence-electron chi connectivity index (χ3n) is 3.13. The number of sulfonamides is 1. The van der Waals surface area contributed by atoms with Crippen LogP contribution in [0.25, 0.3) is 0 Å². The second-order valence-electron chi connectivity index (χ2n) is 4.60. The number of rotatable bonds is 4. The first-order chi connectivity index (χ1) is 9.53. The largest absolute Gasteiger partial charge is 0.242 e. The Kier molecular flexibility index (Phi) is 5.33. The first-order valence-corrected chi connectivity index (χ1v) is 9.25. The van der Waals surface area contributed by atoms with Crippen molar-refractivity contribution >= 4 is 33.4 Å². The minimum absolute atomic E-state index is 0.0268. The third-order valence-corrected chi connectivity index (χ3v) is 6.43. The van der Waals surface area contributed by atoms with E-state index in [0.717, 1.165) is 18.6 Å². The Balaban J connectivity index is 2.08. The first-order valence-electron chi connectivity index (χ1n) is 6.34.